The lowest BCUT2D eigenvalue weighted by Crippen LogP contribution is -2.31. The molecule has 2 aromatic rings. The van der Waals surface area contributed by atoms with Crippen molar-refractivity contribution in [3.05, 3.63) is 58.9 Å². The Morgan fingerprint density at radius 1 is 1.21 bits per heavy atom. The van der Waals surface area contributed by atoms with E-state index in [2.05, 4.69) is 5.32 Å². The highest BCUT2D eigenvalue weighted by Gasteiger charge is 2.11. The Morgan fingerprint density at radius 2 is 1.92 bits per heavy atom. The molecule has 0 spiro atoms. The van der Waals surface area contributed by atoms with Crippen LogP contribution in [0.2, 0.25) is 5.02 Å². The van der Waals surface area contributed by atoms with Gasteiger partial charge in [0.15, 0.2) is 6.61 Å². The van der Waals surface area contributed by atoms with Gasteiger partial charge in [-0.1, -0.05) is 23.7 Å². The van der Waals surface area contributed by atoms with E-state index in [4.69, 9.17) is 21.1 Å². The molecule has 0 saturated heterocycles. The van der Waals surface area contributed by atoms with Crippen LogP contribution in [0.5, 0.6) is 11.5 Å². The Labute approximate surface area is 145 Å². The van der Waals surface area contributed by atoms with Gasteiger partial charge in [0.2, 0.25) is 0 Å². The van der Waals surface area contributed by atoms with E-state index in [9.17, 15) is 9.18 Å². The first-order valence-corrected chi connectivity index (χ1v) is 7.97. The van der Waals surface area contributed by atoms with E-state index in [-0.39, 0.29) is 29.3 Å². The minimum Gasteiger partial charge on any atom is -0.494 e. The van der Waals surface area contributed by atoms with Crippen LogP contribution in [0.4, 0.5) is 4.39 Å². The van der Waals surface area contributed by atoms with Crippen molar-refractivity contribution in [3.63, 3.8) is 0 Å². The van der Waals surface area contributed by atoms with Crippen molar-refractivity contribution in [2.75, 3.05) is 13.2 Å². The van der Waals surface area contributed by atoms with Crippen LogP contribution < -0.4 is 14.8 Å². The number of carbonyl (C=O) groups excluding carboxylic acids is 1. The van der Waals surface area contributed by atoms with Crippen molar-refractivity contribution in [2.45, 2.75) is 19.9 Å². The number of amides is 1. The van der Waals surface area contributed by atoms with Crippen molar-refractivity contribution in [3.8, 4) is 11.5 Å². The quantitative estimate of drug-likeness (QED) is 0.815. The molecule has 0 aromatic heterocycles. The Morgan fingerprint density at radius 3 is 2.54 bits per heavy atom. The largest absolute Gasteiger partial charge is 0.494 e. The highest BCUT2D eigenvalue weighted by Crippen LogP contribution is 2.24. The molecule has 2 rings (SSSR count). The van der Waals surface area contributed by atoms with Gasteiger partial charge < -0.3 is 14.8 Å². The second-order valence-electron chi connectivity index (χ2n) is 5.15. The maximum Gasteiger partial charge on any atom is 0.258 e. The van der Waals surface area contributed by atoms with Crippen LogP contribution in [0.3, 0.4) is 0 Å². The van der Waals surface area contributed by atoms with Gasteiger partial charge in [-0.15, -0.1) is 0 Å². The minimum absolute atomic E-state index is 0.127. The topological polar surface area (TPSA) is 47.6 Å². The molecule has 128 valence electrons. The van der Waals surface area contributed by atoms with Crippen LogP contribution in [0.25, 0.3) is 0 Å². The number of halogens is 2. The first-order chi connectivity index (χ1) is 11.5. The Balaban J connectivity index is 1.87. The predicted octanol–water partition coefficient (Wildman–Crippen LogP) is 4.13. The van der Waals surface area contributed by atoms with Gasteiger partial charge >= 0.3 is 0 Å². The standard InChI is InChI=1S/C18H19ClFNO3/c1-3-23-15-7-4-13(5-8-15)12(2)21-18(22)11-24-17-9-6-14(20)10-16(17)19/h4-10,12H,3,11H2,1-2H3,(H,21,22). The molecule has 1 atom stereocenters. The third-order valence-electron chi connectivity index (χ3n) is 3.32. The first-order valence-electron chi connectivity index (χ1n) is 7.59. The van der Waals surface area contributed by atoms with E-state index in [1.54, 1.807) is 0 Å². The lowest BCUT2D eigenvalue weighted by atomic mass is 10.1. The number of ether oxygens (including phenoxy) is 2. The van der Waals surface area contributed by atoms with Crippen LogP contribution >= 0.6 is 11.6 Å². The highest BCUT2D eigenvalue weighted by atomic mass is 35.5. The average Bonchev–Trinajstić information content (AvgIpc) is 2.55. The van der Waals surface area contributed by atoms with Gasteiger partial charge in [0.25, 0.3) is 5.91 Å². The molecular weight excluding hydrogens is 333 g/mol. The summed E-state index contributed by atoms with van der Waals surface area (Å²) in [6.45, 7) is 4.20. The first kappa shape index (κ1) is 18.1. The molecule has 0 aliphatic heterocycles. The van der Waals surface area contributed by atoms with E-state index < -0.39 is 5.82 Å². The molecule has 6 heteroatoms. The zero-order valence-electron chi connectivity index (χ0n) is 13.5. The number of carbonyl (C=O) groups is 1. The van der Waals surface area contributed by atoms with Crippen molar-refractivity contribution in [1.29, 1.82) is 0 Å². The molecule has 2 aromatic carbocycles. The summed E-state index contributed by atoms with van der Waals surface area (Å²) in [7, 11) is 0. The summed E-state index contributed by atoms with van der Waals surface area (Å²) in [5.41, 5.74) is 0.951. The fraction of sp³-hybridized carbons (Fsp3) is 0.278. The molecule has 0 fully saturated rings. The number of hydrogen-bond donors (Lipinski definition) is 1. The molecule has 0 saturated carbocycles. The summed E-state index contributed by atoms with van der Waals surface area (Å²) < 4.78 is 23.6. The molecule has 0 radical (unpaired) electrons. The lowest BCUT2D eigenvalue weighted by Gasteiger charge is -2.15. The highest BCUT2D eigenvalue weighted by molar-refractivity contribution is 6.32. The van der Waals surface area contributed by atoms with Crippen LogP contribution in [-0.2, 0) is 4.79 Å². The summed E-state index contributed by atoms with van der Waals surface area (Å²) in [6, 6.07) is 11.1. The summed E-state index contributed by atoms with van der Waals surface area (Å²) in [5.74, 6) is 0.300. The normalized spacial score (nSPS) is 11.7. The summed E-state index contributed by atoms with van der Waals surface area (Å²) >= 11 is 5.85. The fourth-order valence-corrected chi connectivity index (χ4v) is 2.34. The molecule has 1 unspecified atom stereocenters. The van der Waals surface area contributed by atoms with Crippen molar-refractivity contribution < 1.29 is 18.7 Å². The Hall–Kier alpha value is -2.27. The van der Waals surface area contributed by atoms with Crippen LogP contribution in [-0.4, -0.2) is 19.1 Å². The molecule has 0 heterocycles. The minimum atomic E-state index is -0.457. The second-order valence-corrected chi connectivity index (χ2v) is 5.56. The van der Waals surface area contributed by atoms with Gasteiger partial charge in [0, 0.05) is 0 Å². The summed E-state index contributed by atoms with van der Waals surface area (Å²) in [4.78, 5) is 12.0. The SMILES string of the molecule is CCOc1ccc(C(C)NC(=O)COc2ccc(F)cc2Cl)cc1. The molecule has 1 amide bonds. The molecule has 1 N–H and O–H groups in total. The van der Waals surface area contributed by atoms with Crippen LogP contribution in [0, 0.1) is 5.82 Å². The molecule has 24 heavy (non-hydrogen) atoms. The molecule has 0 aliphatic carbocycles. The van der Waals surface area contributed by atoms with E-state index >= 15 is 0 Å². The van der Waals surface area contributed by atoms with Gasteiger partial charge in [-0.25, -0.2) is 4.39 Å². The second kappa shape index (κ2) is 8.55. The molecular formula is C18H19ClFNO3. The molecule has 4 nitrogen and oxygen atoms in total. The van der Waals surface area contributed by atoms with Crippen LogP contribution in [0.1, 0.15) is 25.5 Å². The van der Waals surface area contributed by atoms with Gasteiger partial charge in [-0.3, -0.25) is 4.79 Å². The monoisotopic (exact) mass is 351 g/mol. The zero-order chi connectivity index (χ0) is 17.5. The van der Waals surface area contributed by atoms with Gasteiger partial charge in [-0.2, -0.15) is 0 Å². The molecule has 0 aliphatic rings. The average molecular weight is 352 g/mol. The summed E-state index contributed by atoms with van der Waals surface area (Å²) in [5, 5.41) is 2.95. The lowest BCUT2D eigenvalue weighted by molar-refractivity contribution is -0.123. The van der Waals surface area contributed by atoms with Crippen molar-refractivity contribution >= 4 is 17.5 Å². The third-order valence-corrected chi connectivity index (χ3v) is 3.62. The number of nitrogens with one attached hydrogen (secondary N) is 1. The Bertz CT molecular complexity index is 691. The number of hydrogen-bond acceptors (Lipinski definition) is 3. The summed E-state index contributed by atoms with van der Waals surface area (Å²) in [6.07, 6.45) is 0. The Kier molecular flexibility index (Phi) is 6.44. The maximum atomic E-state index is 13.0. The zero-order valence-corrected chi connectivity index (χ0v) is 14.3. The van der Waals surface area contributed by atoms with E-state index in [1.165, 1.54) is 12.1 Å². The van der Waals surface area contributed by atoms with E-state index in [0.717, 1.165) is 17.4 Å². The van der Waals surface area contributed by atoms with E-state index in [0.29, 0.717) is 6.61 Å². The fourth-order valence-electron chi connectivity index (χ4n) is 2.12. The molecule has 0 bridgehead atoms. The predicted molar refractivity (Wildman–Crippen MR) is 91.1 cm³/mol. The maximum absolute atomic E-state index is 13.0. The van der Waals surface area contributed by atoms with Crippen molar-refractivity contribution in [2.24, 2.45) is 0 Å². The van der Waals surface area contributed by atoms with E-state index in [1.807, 2.05) is 38.1 Å². The van der Waals surface area contributed by atoms with Crippen molar-refractivity contribution in [1.82, 2.24) is 5.32 Å². The van der Waals surface area contributed by atoms with Gasteiger partial charge in [0.1, 0.15) is 17.3 Å². The third kappa shape index (κ3) is 5.13. The van der Waals surface area contributed by atoms with Crippen LogP contribution in [0.15, 0.2) is 42.5 Å². The smallest absolute Gasteiger partial charge is 0.258 e. The number of rotatable bonds is 7. The number of benzene rings is 2. The van der Waals surface area contributed by atoms with Gasteiger partial charge in [0.05, 0.1) is 17.7 Å². The van der Waals surface area contributed by atoms with Gasteiger partial charge in [-0.05, 0) is 49.7 Å².